The first-order chi connectivity index (χ1) is 10.5. The molecule has 3 rings (SSSR count). The number of benzene rings is 1. The van der Waals surface area contributed by atoms with Gasteiger partial charge < -0.3 is 0 Å². The molecule has 0 bridgehead atoms. The molecule has 6 nitrogen and oxygen atoms in total. The summed E-state index contributed by atoms with van der Waals surface area (Å²) < 4.78 is 41.9. The zero-order valence-electron chi connectivity index (χ0n) is 11.7. The molecule has 0 amide bonds. The molecule has 9 heteroatoms. The summed E-state index contributed by atoms with van der Waals surface area (Å²) >= 11 is 1.45. The second kappa shape index (κ2) is 5.75. The van der Waals surface area contributed by atoms with Gasteiger partial charge in [-0.2, -0.15) is 0 Å². The van der Waals surface area contributed by atoms with Crippen LogP contribution in [0.5, 0.6) is 0 Å². The Hall–Kier alpha value is -1.84. The lowest BCUT2D eigenvalue weighted by Crippen LogP contribution is -2.26. The molecule has 2 aromatic heterocycles. The molecule has 0 unspecified atom stereocenters. The Bertz CT molecular complexity index is 917. The zero-order chi connectivity index (χ0) is 15.7. The Morgan fingerprint density at radius 2 is 2.23 bits per heavy atom. The summed E-state index contributed by atoms with van der Waals surface area (Å²) in [4.78, 5) is 0.832. The van der Waals surface area contributed by atoms with Crippen molar-refractivity contribution in [1.82, 2.24) is 19.3 Å². The number of fused-ring (bicyclic) bond motifs is 1. The van der Waals surface area contributed by atoms with Crippen molar-refractivity contribution in [3.8, 4) is 0 Å². The number of thiazole rings is 1. The molecule has 22 heavy (non-hydrogen) atoms. The van der Waals surface area contributed by atoms with Gasteiger partial charge in [0.25, 0.3) is 0 Å². The van der Waals surface area contributed by atoms with Crippen molar-refractivity contribution >= 4 is 26.3 Å². The van der Waals surface area contributed by atoms with Gasteiger partial charge in [0.15, 0.2) is 0 Å². The summed E-state index contributed by atoms with van der Waals surface area (Å²) in [6.45, 7) is 1.77. The average Bonchev–Trinajstić information content (AvgIpc) is 3.06. The van der Waals surface area contributed by atoms with Crippen molar-refractivity contribution in [2.45, 2.75) is 18.2 Å². The molecule has 0 aliphatic carbocycles. The fourth-order valence-corrected chi connectivity index (χ4v) is 4.00. The summed E-state index contributed by atoms with van der Waals surface area (Å²) in [5, 5.41) is 9.63. The number of rotatable bonds is 5. The molecule has 0 spiro atoms. The van der Waals surface area contributed by atoms with E-state index in [1.54, 1.807) is 6.33 Å². The minimum absolute atomic E-state index is 0.0613. The van der Waals surface area contributed by atoms with Gasteiger partial charge in [0.1, 0.15) is 12.1 Å². The van der Waals surface area contributed by atoms with Gasteiger partial charge >= 0.3 is 0 Å². The third kappa shape index (κ3) is 2.87. The molecule has 2 heterocycles. The number of aryl methyl sites for hydroxylation is 1. The highest BCUT2D eigenvalue weighted by Crippen LogP contribution is 2.15. The summed E-state index contributed by atoms with van der Waals surface area (Å²) in [5.41, 5.74) is 1.23. The monoisotopic (exact) mass is 340 g/mol. The van der Waals surface area contributed by atoms with E-state index >= 15 is 0 Å². The van der Waals surface area contributed by atoms with Gasteiger partial charge in [-0.1, -0.05) is 0 Å². The van der Waals surface area contributed by atoms with Crippen LogP contribution in [0.2, 0.25) is 0 Å². The lowest BCUT2D eigenvalue weighted by Gasteiger charge is -2.07. The summed E-state index contributed by atoms with van der Waals surface area (Å²) in [6, 6.07) is 3.73. The van der Waals surface area contributed by atoms with Crippen LogP contribution in [0.15, 0.2) is 34.8 Å². The predicted molar refractivity (Wildman–Crippen MR) is 80.9 cm³/mol. The quantitative estimate of drug-likeness (QED) is 0.768. The standard InChI is InChI=1S/C13H13FN4O2S2/c1-9-6-11(2-3-12(9)14)22(19,20)16-5-4-10-7-21-13-17-15-8-18(10)13/h2-3,6-8,16H,4-5H2,1H3. The Morgan fingerprint density at radius 3 is 3.00 bits per heavy atom. The van der Waals surface area contributed by atoms with Gasteiger partial charge in [0, 0.05) is 24.0 Å². The van der Waals surface area contributed by atoms with E-state index in [1.807, 2.05) is 9.78 Å². The van der Waals surface area contributed by atoms with E-state index in [4.69, 9.17) is 0 Å². The third-order valence-electron chi connectivity index (χ3n) is 3.24. The summed E-state index contributed by atoms with van der Waals surface area (Å²) in [7, 11) is -3.65. The van der Waals surface area contributed by atoms with E-state index in [2.05, 4.69) is 14.9 Å². The second-order valence-corrected chi connectivity index (χ2v) is 7.37. The SMILES string of the molecule is Cc1cc(S(=O)(=O)NCCc2csc3nncn23)ccc1F. The molecule has 1 aromatic carbocycles. The predicted octanol–water partition coefficient (Wildman–Crippen LogP) is 1.76. The minimum atomic E-state index is -3.65. The molecule has 1 N–H and O–H groups in total. The van der Waals surface area contributed by atoms with Crippen LogP contribution in [0.3, 0.4) is 0 Å². The molecule has 0 saturated heterocycles. The topological polar surface area (TPSA) is 76.4 Å². The molecular weight excluding hydrogens is 327 g/mol. The third-order valence-corrected chi connectivity index (χ3v) is 5.58. The van der Waals surface area contributed by atoms with Crippen molar-refractivity contribution in [2.24, 2.45) is 0 Å². The van der Waals surface area contributed by atoms with Crippen molar-refractivity contribution in [3.63, 3.8) is 0 Å². The van der Waals surface area contributed by atoms with Crippen molar-refractivity contribution in [1.29, 1.82) is 0 Å². The molecule has 116 valence electrons. The minimum Gasteiger partial charge on any atom is -0.276 e. The fourth-order valence-electron chi connectivity index (χ4n) is 2.04. The normalized spacial score (nSPS) is 12.1. The Balaban J connectivity index is 1.70. The van der Waals surface area contributed by atoms with E-state index in [0.717, 1.165) is 16.7 Å². The Kier molecular flexibility index (Phi) is 3.94. The lowest BCUT2D eigenvalue weighted by molar-refractivity contribution is 0.579. The van der Waals surface area contributed by atoms with Crippen LogP contribution >= 0.6 is 11.3 Å². The number of hydrogen-bond acceptors (Lipinski definition) is 5. The first kappa shape index (κ1) is 15.1. The molecule has 0 aliphatic rings. The lowest BCUT2D eigenvalue weighted by atomic mass is 10.2. The number of aromatic nitrogens is 3. The molecule has 0 saturated carbocycles. The highest BCUT2D eigenvalue weighted by molar-refractivity contribution is 7.89. The number of nitrogens with zero attached hydrogens (tertiary/aromatic N) is 3. The van der Waals surface area contributed by atoms with Gasteiger partial charge in [-0.15, -0.1) is 21.5 Å². The van der Waals surface area contributed by atoms with Crippen LogP contribution < -0.4 is 4.72 Å². The maximum Gasteiger partial charge on any atom is 0.240 e. The first-order valence-corrected chi connectivity index (χ1v) is 8.85. The molecule has 0 atom stereocenters. The highest BCUT2D eigenvalue weighted by atomic mass is 32.2. The van der Waals surface area contributed by atoms with Crippen LogP contribution in [0.4, 0.5) is 4.39 Å². The van der Waals surface area contributed by atoms with Gasteiger partial charge in [-0.3, -0.25) is 4.40 Å². The van der Waals surface area contributed by atoms with Crippen LogP contribution in [-0.2, 0) is 16.4 Å². The fraction of sp³-hybridized carbons (Fsp3) is 0.231. The first-order valence-electron chi connectivity index (χ1n) is 6.49. The van der Waals surface area contributed by atoms with Crippen molar-refractivity contribution < 1.29 is 12.8 Å². The Morgan fingerprint density at radius 1 is 1.41 bits per heavy atom. The van der Waals surface area contributed by atoms with Crippen LogP contribution in [0, 0.1) is 12.7 Å². The molecule has 0 aliphatic heterocycles. The molecular formula is C13H13FN4O2S2. The maximum atomic E-state index is 13.2. The van der Waals surface area contributed by atoms with E-state index < -0.39 is 15.8 Å². The van der Waals surface area contributed by atoms with Crippen LogP contribution in [-0.4, -0.2) is 29.6 Å². The molecule has 0 fully saturated rings. The summed E-state index contributed by atoms with van der Waals surface area (Å²) in [5.74, 6) is -0.424. The van der Waals surface area contributed by atoms with Crippen LogP contribution in [0.1, 0.15) is 11.3 Å². The zero-order valence-corrected chi connectivity index (χ0v) is 13.3. The van der Waals surface area contributed by atoms with Crippen molar-refractivity contribution in [3.05, 3.63) is 47.0 Å². The van der Waals surface area contributed by atoms with Crippen molar-refractivity contribution in [2.75, 3.05) is 6.54 Å². The number of halogens is 1. The number of sulfonamides is 1. The van der Waals surface area contributed by atoms with Gasteiger partial charge in [-0.05, 0) is 30.7 Å². The Labute approximate surface area is 130 Å². The average molecular weight is 340 g/mol. The van der Waals surface area contributed by atoms with E-state index in [9.17, 15) is 12.8 Å². The highest BCUT2D eigenvalue weighted by Gasteiger charge is 2.15. The molecule has 3 aromatic rings. The van der Waals surface area contributed by atoms with E-state index in [0.29, 0.717) is 12.0 Å². The number of nitrogens with one attached hydrogen (secondary N) is 1. The summed E-state index contributed by atoms with van der Waals surface area (Å²) in [6.07, 6.45) is 2.11. The van der Waals surface area contributed by atoms with Gasteiger partial charge in [0.2, 0.25) is 15.0 Å². The number of hydrogen-bond donors (Lipinski definition) is 1. The van der Waals surface area contributed by atoms with Crippen LogP contribution in [0.25, 0.3) is 4.96 Å². The van der Waals surface area contributed by atoms with Gasteiger partial charge in [0.05, 0.1) is 4.90 Å². The maximum absolute atomic E-state index is 13.2. The van der Waals surface area contributed by atoms with Gasteiger partial charge in [-0.25, -0.2) is 17.5 Å². The smallest absolute Gasteiger partial charge is 0.240 e. The van der Waals surface area contributed by atoms with E-state index in [1.165, 1.54) is 30.4 Å². The second-order valence-electron chi connectivity index (χ2n) is 4.77. The van der Waals surface area contributed by atoms with E-state index in [-0.39, 0.29) is 11.4 Å². The molecule has 0 radical (unpaired) electrons. The largest absolute Gasteiger partial charge is 0.276 e.